The summed E-state index contributed by atoms with van der Waals surface area (Å²) in [5.74, 6) is -1.70. The number of aryl methyl sites for hydroxylation is 1. The van der Waals surface area contributed by atoms with Gasteiger partial charge in [-0.15, -0.1) is 0 Å². The van der Waals surface area contributed by atoms with Gasteiger partial charge >= 0.3 is 0 Å². The van der Waals surface area contributed by atoms with Crippen LogP contribution in [0.3, 0.4) is 0 Å². The number of hydrogen-bond acceptors (Lipinski definition) is 5. The number of nitrogens with zero attached hydrogens (tertiary/aromatic N) is 2. The van der Waals surface area contributed by atoms with E-state index >= 15 is 0 Å². The minimum atomic E-state index is -0.839. The number of nitrogens with one attached hydrogen (secondary N) is 1. The van der Waals surface area contributed by atoms with Gasteiger partial charge in [-0.25, -0.2) is 0 Å². The predicted molar refractivity (Wildman–Crippen MR) is 112 cm³/mol. The van der Waals surface area contributed by atoms with Crippen LogP contribution in [0.2, 0.25) is 0 Å². The van der Waals surface area contributed by atoms with Crippen LogP contribution >= 0.6 is 0 Å². The van der Waals surface area contributed by atoms with Gasteiger partial charge in [0.25, 0.3) is 11.8 Å². The summed E-state index contributed by atoms with van der Waals surface area (Å²) in [7, 11) is 0. The van der Waals surface area contributed by atoms with Crippen LogP contribution in [-0.4, -0.2) is 44.8 Å². The van der Waals surface area contributed by atoms with E-state index in [1.165, 1.54) is 10.8 Å². The van der Waals surface area contributed by atoms with Crippen LogP contribution in [0, 0.1) is 6.92 Å². The Hall–Kier alpha value is -3.13. The average molecular weight is 423 g/mol. The molecule has 2 amide bonds. The molecule has 8 nitrogen and oxygen atoms in total. The van der Waals surface area contributed by atoms with Crippen LogP contribution in [0.15, 0.2) is 35.3 Å². The van der Waals surface area contributed by atoms with Crippen molar-refractivity contribution in [2.75, 3.05) is 0 Å². The van der Waals surface area contributed by atoms with Crippen LogP contribution < -0.4 is 10.7 Å². The predicted octanol–water partition coefficient (Wildman–Crippen LogP) is 2.09. The first kappa shape index (κ1) is 19.8. The molecule has 31 heavy (non-hydrogen) atoms. The lowest BCUT2D eigenvalue weighted by molar-refractivity contribution is -0.132. The Bertz CT molecular complexity index is 1120. The third kappa shape index (κ3) is 3.22. The lowest BCUT2D eigenvalue weighted by Gasteiger charge is -2.44. The van der Waals surface area contributed by atoms with Crippen LogP contribution in [0.25, 0.3) is 0 Å². The van der Waals surface area contributed by atoms with Crippen LogP contribution in [0.1, 0.15) is 64.2 Å². The second-order valence-corrected chi connectivity index (χ2v) is 8.72. The normalized spacial score (nSPS) is 25.0. The summed E-state index contributed by atoms with van der Waals surface area (Å²) < 4.78 is 7.52. The van der Waals surface area contributed by atoms with Crippen molar-refractivity contribution < 1.29 is 19.4 Å². The molecule has 1 saturated carbocycles. The SMILES string of the molecule is Cc1ccc([C@@H](C)NC(=O)c2cn3c(c(O)c2=O)C(=O)N2[C@H]4CC[C@H](C4)O[C@@H]2C3)cc1. The van der Waals surface area contributed by atoms with Gasteiger partial charge in [-0.05, 0) is 38.7 Å². The summed E-state index contributed by atoms with van der Waals surface area (Å²) in [4.78, 5) is 40.4. The molecule has 2 aliphatic heterocycles. The topological polar surface area (TPSA) is 101 Å². The third-order valence-electron chi connectivity index (χ3n) is 6.63. The quantitative estimate of drug-likeness (QED) is 0.787. The van der Waals surface area contributed by atoms with Gasteiger partial charge in [-0.3, -0.25) is 14.4 Å². The van der Waals surface area contributed by atoms with Gasteiger partial charge in [0.05, 0.1) is 18.7 Å². The zero-order valence-electron chi connectivity index (χ0n) is 17.5. The highest BCUT2D eigenvalue weighted by Gasteiger charge is 2.47. The summed E-state index contributed by atoms with van der Waals surface area (Å²) >= 11 is 0. The molecule has 1 saturated heterocycles. The minimum absolute atomic E-state index is 0.0674. The minimum Gasteiger partial charge on any atom is -0.503 e. The van der Waals surface area contributed by atoms with E-state index in [2.05, 4.69) is 5.32 Å². The van der Waals surface area contributed by atoms with Gasteiger partial charge in [0.2, 0.25) is 5.43 Å². The molecule has 162 valence electrons. The van der Waals surface area contributed by atoms with Crippen LogP contribution in [0.5, 0.6) is 5.75 Å². The molecule has 1 aromatic heterocycles. The van der Waals surface area contributed by atoms with E-state index < -0.39 is 29.2 Å². The molecule has 5 rings (SSSR count). The number of ether oxygens (including phenoxy) is 1. The second kappa shape index (κ2) is 7.23. The standard InChI is InChI=1S/C23H25N3O5/c1-12-3-5-14(6-4-12)13(2)24-22(29)17-10-25-11-18-26(15-7-8-16(9-15)31-18)23(30)19(25)21(28)20(17)27/h3-6,10,13,15-16,18,28H,7-9,11H2,1-2H3,(H,24,29)/t13-,15+,16-,18-/m1/s1. The zero-order valence-corrected chi connectivity index (χ0v) is 17.5. The van der Waals surface area contributed by atoms with E-state index in [9.17, 15) is 19.5 Å². The smallest absolute Gasteiger partial charge is 0.276 e. The number of aromatic hydroxyl groups is 1. The third-order valence-corrected chi connectivity index (χ3v) is 6.63. The molecular formula is C23H25N3O5. The van der Waals surface area contributed by atoms with Gasteiger partial charge in [0, 0.05) is 12.2 Å². The molecule has 2 aromatic rings. The van der Waals surface area contributed by atoms with Gasteiger partial charge < -0.3 is 24.6 Å². The van der Waals surface area contributed by atoms with Crippen molar-refractivity contribution in [3.63, 3.8) is 0 Å². The Balaban J connectivity index is 1.45. The zero-order chi connectivity index (χ0) is 21.9. The van der Waals surface area contributed by atoms with Crippen molar-refractivity contribution in [3.8, 4) is 5.75 Å². The Morgan fingerprint density at radius 2 is 1.97 bits per heavy atom. The van der Waals surface area contributed by atoms with Crippen molar-refractivity contribution >= 4 is 11.8 Å². The maximum Gasteiger partial charge on any atom is 0.276 e. The van der Waals surface area contributed by atoms with Crippen molar-refractivity contribution in [2.45, 2.75) is 64.1 Å². The average Bonchev–Trinajstić information content (AvgIpc) is 3.11. The maximum atomic E-state index is 13.1. The number of amides is 2. The van der Waals surface area contributed by atoms with E-state index in [1.54, 1.807) is 4.90 Å². The Morgan fingerprint density at radius 3 is 2.71 bits per heavy atom. The Kier molecular flexibility index (Phi) is 4.62. The van der Waals surface area contributed by atoms with E-state index in [4.69, 9.17) is 4.74 Å². The summed E-state index contributed by atoms with van der Waals surface area (Å²) in [6.45, 7) is 4.08. The fraction of sp³-hybridized carbons (Fsp3) is 0.435. The molecule has 3 heterocycles. The van der Waals surface area contributed by atoms with Crippen molar-refractivity contribution in [1.29, 1.82) is 0 Å². The number of carbonyl (C=O) groups excluding carboxylic acids is 2. The first-order chi connectivity index (χ1) is 14.8. The summed E-state index contributed by atoms with van der Waals surface area (Å²) in [6, 6.07) is 7.47. The lowest BCUT2D eigenvalue weighted by Crippen LogP contribution is -2.57. The van der Waals surface area contributed by atoms with Crippen molar-refractivity contribution in [2.24, 2.45) is 0 Å². The van der Waals surface area contributed by atoms with E-state index in [0.29, 0.717) is 0 Å². The van der Waals surface area contributed by atoms with E-state index in [-0.39, 0.29) is 36.0 Å². The molecule has 1 aromatic carbocycles. The lowest BCUT2D eigenvalue weighted by atomic mass is 10.0. The number of benzene rings is 1. The molecule has 3 aliphatic rings. The molecule has 0 radical (unpaired) electrons. The van der Waals surface area contributed by atoms with E-state index in [0.717, 1.165) is 30.4 Å². The van der Waals surface area contributed by atoms with Crippen molar-refractivity contribution in [3.05, 3.63) is 63.1 Å². The Morgan fingerprint density at radius 1 is 1.23 bits per heavy atom. The molecule has 2 bridgehead atoms. The van der Waals surface area contributed by atoms with Crippen LogP contribution in [0.4, 0.5) is 0 Å². The largest absolute Gasteiger partial charge is 0.503 e. The number of pyridine rings is 1. The molecule has 2 N–H and O–H groups in total. The fourth-order valence-electron chi connectivity index (χ4n) is 4.93. The van der Waals surface area contributed by atoms with E-state index in [1.807, 2.05) is 38.1 Å². The number of carbonyl (C=O) groups is 2. The summed E-state index contributed by atoms with van der Waals surface area (Å²) in [5.41, 5.74) is 0.905. The molecule has 8 heteroatoms. The molecule has 0 unspecified atom stereocenters. The Labute approximate surface area is 179 Å². The fourth-order valence-corrected chi connectivity index (χ4v) is 4.93. The summed E-state index contributed by atoms with van der Waals surface area (Å²) in [5, 5.41) is 13.4. The van der Waals surface area contributed by atoms with Gasteiger partial charge in [0.1, 0.15) is 5.56 Å². The first-order valence-electron chi connectivity index (χ1n) is 10.7. The van der Waals surface area contributed by atoms with Gasteiger partial charge in [-0.2, -0.15) is 0 Å². The van der Waals surface area contributed by atoms with Gasteiger partial charge in [0.15, 0.2) is 17.7 Å². The number of hydrogen-bond donors (Lipinski definition) is 2. The number of fused-ring (bicyclic) bond motifs is 5. The highest BCUT2D eigenvalue weighted by Crippen LogP contribution is 2.38. The molecule has 2 fully saturated rings. The maximum absolute atomic E-state index is 13.1. The molecular weight excluding hydrogens is 398 g/mol. The van der Waals surface area contributed by atoms with Gasteiger partial charge in [-0.1, -0.05) is 29.8 Å². The van der Waals surface area contributed by atoms with Crippen molar-refractivity contribution in [1.82, 2.24) is 14.8 Å². The second-order valence-electron chi connectivity index (χ2n) is 8.72. The highest BCUT2D eigenvalue weighted by atomic mass is 16.5. The monoisotopic (exact) mass is 423 g/mol. The molecule has 4 atom stereocenters. The van der Waals surface area contributed by atoms with Crippen LogP contribution in [-0.2, 0) is 11.3 Å². The first-order valence-corrected chi connectivity index (χ1v) is 10.7. The number of aromatic nitrogens is 1. The highest BCUT2D eigenvalue weighted by molar-refractivity contribution is 5.99. The molecule has 1 aliphatic carbocycles. The molecule has 0 spiro atoms. The summed E-state index contributed by atoms with van der Waals surface area (Å²) in [6.07, 6.45) is 3.58. The number of rotatable bonds is 3.